The molecule has 0 aliphatic heterocycles. The maximum absolute atomic E-state index is 11.2. The molecule has 0 heterocycles. The molecule has 0 aromatic heterocycles. The number of amides is 1. The topological polar surface area (TPSA) is 64.3 Å². The van der Waals surface area contributed by atoms with Gasteiger partial charge in [-0.05, 0) is 36.6 Å². The Labute approximate surface area is 176 Å². The van der Waals surface area contributed by atoms with Gasteiger partial charge >= 0.3 is 0 Å². The van der Waals surface area contributed by atoms with E-state index in [0.29, 0.717) is 5.75 Å². The third-order valence-corrected chi connectivity index (χ3v) is 5.47. The number of unbranched alkanes of at least 4 members (excludes halogenated alkanes) is 12. The van der Waals surface area contributed by atoms with Gasteiger partial charge in [0.1, 0.15) is 5.75 Å². The lowest BCUT2D eigenvalue weighted by atomic mass is 10.0. The molecule has 0 aliphatic rings. The molecule has 0 radical (unpaired) electrons. The third-order valence-electron chi connectivity index (χ3n) is 5.10. The van der Waals surface area contributed by atoms with Gasteiger partial charge in [0.2, 0.25) is 0 Å². The van der Waals surface area contributed by atoms with Gasteiger partial charge in [-0.3, -0.25) is 10.2 Å². The minimum Gasteiger partial charge on any atom is -0.484 e. The smallest absolute Gasteiger partial charge is 0.271 e. The van der Waals surface area contributed by atoms with E-state index in [-0.39, 0.29) is 12.5 Å². The predicted molar refractivity (Wildman–Crippen MR) is 119 cm³/mol. The first kappa shape index (κ1) is 24.8. The first-order chi connectivity index (χ1) is 13.7. The Morgan fingerprint density at radius 3 is 2.00 bits per heavy atom. The van der Waals surface area contributed by atoms with Crippen molar-refractivity contribution in [2.24, 2.45) is 5.84 Å². The Balaban J connectivity index is 2.06. The van der Waals surface area contributed by atoms with Crippen LogP contribution in [-0.2, 0) is 11.2 Å². The Morgan fingerprint density at radius 1 is 0.929 bits per heavy atom. The van der Waals surface area contributed by atoms with E-state index < -0.39 is 0 Å². The van der Waals surface area contributed by atoms with Gasteiger partial charge in [0.15, 0.2) is 6.61 Å². The molecule has 5 heteroatoms. The summed E-state index contributed by atoms with van der Waals surface area (Å²) in [5.41, 5.74) is 3.13. The van der Waals surface area contributed by atoms with Crippen LogP contribution in [0.1, 0.15) is 96.0 Å². The average Bonchev–Trinajstić information content (AvgIpc) is 2.71. The van der Waals surface area contributed by atoms with Crippen molar-refractivity contribution < 1.29 is 9.53 Å². The van der Waals surface area contributed by atoms with Crippen molar-refractivity contribution in [3.05, 3.63) is 28.8 Å². The summed E-state index contributed by atoms with van der Waals surface area (Å²) < 4.78 is 5.42. The maximum atomic E-state index is 11.2. The van der Waals surface area contributed by atoms with Crippen LogP contribution in [0.5, 0.6) is 5.75 Å². The highest BCUT2D eigenvalue weighted by Gasteiger charge is 2.05. The number of ether oxygens (including phenoxy) is 1. The van der Waals surface area contributed by atoms with Crippen LogP contribution in [0, 0.1) is 0 Å². The number of carbonyl (C=O) groups is 1. The average molecular weight is 411 g/mol. The molecule has 1 amide bonds. The summed E-state index contributed by atoms with van der Waals surface area (Å²) in [6.45, 7) is 2.18. The second-order valence-electron chi connectivity index (χ2n) is 7.60. The van der Waals surface area contributed by atoms with E-state index in [2.05, 4.69) is 12.3 Å². The summed E-state index contributed by atoms with van der Waals surface area (Å²) in [5, 5.41) is 0.759. The number of halogens is 1. The fourth-order valence-corrected chi connectivity index (χ4v) is 3.57. The molecular weight excluding hydrogens is 372 g/mol. The van der Waals surface area contributed by atoms with Crippen molar-refractivity contribution >= 4 is 17.5 Å². The van der Waals surface area contributed by atoms with Crippen LogP contribution in [-0.4, -0.2) is 12.5 Å². The summed E-state index contributed by atoms with van der Waals surface area (Å²) in [4.78, 5) is 11.2. The molecule has 0 saturated carbocycles. The van der Waals surface area contributed by atoms with E-state index in [1.807, 2.05) is 12.1 Å². The van der Waals surface area contributed by atoms with Crippen molar-refractivity contribution in [1.82, 2.24) is 5.43 Å². The molecule has 1 rings (SSSR count). The minimum absolute atomic E-state index is 0.0870. The highest BCUT2D eigenvalue weighted by molar-refractivity contribution is 6.31. The van der Waals surface area contributed by atoms with Gasteiger partial charge in [0.25, 0.3) is 5.91 Å². The van der Waals surface area contributed by atoms with Crippen LogP contribution >= 0.6 is 11.6 Å². The first-order valence-electron chi connectivity index (χ1n) is 11.1. The van der Waals surface area contributed by atoms with E-state index in [1.54, 1.807) is 6.07 Å². The molecule has 28 heavy (non-hydrogen) atoms. The Bertz CT molecular complexity index is 537. The molecule has 0 fully saturated rings. The number of nitrogens with two attached hydrogens (primary N) is 1. The largest absolute Gasteiger partial charge is 0.484 e. The van der Waals surface area contributed by atoms with Gasteiger partial charge in [0.05, 0.1) is 0 Å². The van der Waals surface area contributed by atoms with Crippen molar-refractivity contribution in [2.75, 3.05) is 6.61 Å². The summed E-state index contributed by atoms with van der Waals surface area (Å²) in [5.74, 6) is 5.35. The molecule has 0 aliphatic carbocycles. The number of hydrazine groups is 1. The van der Waals surface area contributed by atoms with E-state index in [4.69, 9.17) is 22.2 Å². The van der Waals surface area contributed by atoms with Crippen molar-refractivity contribution in [2.45, 2.75) is 96.8 Å². The summed E-state index contributed by atoms with van der Waals surface area (Å²) >= 11 is 6.28. The quantitative estimate of drug-likeness (QED) is 0.136. The van der Waals surface area contributed by atoms with E-state index in [9.17, 15) is 4.79 Å². The lowest BCUT2D eigenvalue weighted by Crippen LogP contribution is -2.34. The molecule has 3 N–H and O–H groups in total. The number of hydrogen-bond donors (Lipinski definition) is 2. The number of rotatable bonds is 17. The third kappa shape index (κ3) is 12.2. The fraction of sp³-hybridized carbons (Fsp3) is 0.696. The summed E-state index contributed by atoms with van der Waals surface area (Å²) in [6, 6.07) is 5.53. The van der Waals surface area contributed by atoms with Crippen molar-refractivity contribution in [3.8, 4) is 5.75 Å². The number of carbonyl (C=O) groups excluding carboxylic acids is 1. The number of hydrogen-bond acceptors (Lipinski definition) is 3. The maximum Gasteiger partial charge on any atom is 0.271 e. The van der Waals surface area contributed by atoms with Gasteiger partial charge < -0.3 is 4.74 Å². The standard InChI is InChI=1S/C23H39ClN2O2/c1-2-3-4-5-6-7-8-9-10-11-12-13-14-15-20-18-21(16-17-22(20)24)28-19-23(27)26-25/h16-18H,2-15,19,25H2,1H3,(H,26,27). The monoisotopic (exact) mass is 410 g/mol. The van der Waals surface area contributed by atoms with Crippen molar-refractivity contribution in [1.29, 1.82) is 0 Å². The first-order valence-corrected chi connectivity index (χ1v) is 11.5. The lowest BCUT2D eigenvalue weighted by molar-refractivity contribution is -0.123. The van der Waals surface area contributed by atoms with Crippen LogP contribution in [0.4, 0.5) is 0 Å². The Hall–Kier alpha value is -1.26. The zero-order valence-corrected chi connectivity index (χ0v) is 18.4. The zero-order valence-electron chi connectivity index (χ0n) is 17.6. The van der Waals surface area contributed by atoms with Crippen LogP contribution in [0.3, 0.4) is 0 Å². The Morgan fingerprint density at radius 2 is 1.46 bits per heavy atom. The number of nitrogens with one attached hydrogen (secondary N) is 1. The number of benzene rings is 1. The minimum atomic E-state index is -0.354. The van der Waals surface area contributed by atoms with Crippen LogP contribution in [0.2, 0.25) is 5.02 Å². The Kier molecular flexibility index (Phi) is 14.8. The molecule has 4 nitrogen and oxygen atoms in total. The lowest BCUT2D eigenvalue weighted by Gasteiger charge is -2.09. The second-order valence-corrected chi connectivity index (χ2v) is 8.01. The summed E-state index contributed by atoms with van der Waals surface area (Å²) in [7, 11) is 0. The van der Waals surface area contributed by atoms with Gasteiger partial charge in [-0.1, -0.05) is 95.6 Å². The molecule has 0 unspecified atom stereocenters. The van der Waals surface area contributed by atoms with E-state index in [1.165, 1.54) is 77.0 Å². The normalized spacial score (nSPS) is 10.8. The zero-order chi connectivity index (χ0) is 20.5. The fourth-order valence-electron chi connectivity index (χ4n) is 3.36. The van der Waals surface area contributed by atoms with Gasteiger partial charge in [-0.2, -0.15) is 0 Å². The highest BCUT2D eigenvalue weighted by Crippen LogP contribution is 2.24. The highest BCUT2D eigenvalue weighted by atomic mass is 35.5. The SMILES string of the molecule is CCCCCCCCCCCCCCCc1cc(OCC(=O)NN)ccc1Cl. The second kappa shape index (κ2) is 16.7. The molecule has 0 spiro atoms. The molecule has 160 valence electrons. The van der Waals surface area contributed by atoms with Crippen LogP contribution in [0.25, 0.3) is 0 Å². The summed E-state index contributed by atoms with van der Waals surface area (Å²) in [6.07, 6.45) is 18.5. The molecule has 0 bridgehead atoms. The number of aryl methyl sites for hydroxylation is 1. The molecule has 1 aromatic carbocycles. The molecular formula is C23H39ClN2O2. The van der Waals surface area contributed by atoms with Crippen molar-refractivity contribution in [3.63, 3.8) is 0 Å². The molecule has 0 atom stereocenters. The van der Waals surface area contributed by atoms with Gasteiger partial charge in [-0.25, -0.2) is 5.84 Å². The van der Waals surface area contributed by atoms with Crippen LogP contribution in [0.15, 0.2) is 18.2 Å². The van der Waals surface area contributed by atoms with E-state index in [0.717, 1.165) is 23.4 Å². The van der Waals surface area contributed by atoms with Gasteiger partial charge in [-0.15, -0.1) is 0 Å². The van der Waals surface area contributed by atoms with Gasteiger partial charge in [0, 0.05) is 5.02 Å². The van der Waals surface area contributed by atoms with Crippen LogP contribution < -0.4 is 16.0 Å². The molecule has 1 aromatic rings. The predicted octanol–water partition coefficient (Wildman–Crippen LogP) is 6.34. The van der Waals surface area contributed by atoms with E-state index >= 15 is 0 Å². The molecule has 0 saturated heterocycles.